The second-order valence-electron chi connectivity index (χ2n) is 4.02. The maximum Gasteiger partial charge on any atom is 0.113 e. The molecule has 0 aromatic heterocycles. The molecular formula is C10H20FNO. The van der Waals surface area contributed by atoms with Crippen LogP contribution in [0.2, 0.25) is 0 Å². The van der Waals surface area contributed by atoms with Crippen molar-refractivity contribution in [1.82, 2.24) is 0 Å². The Kier molecular flexibility index (Phi) is 4.67. The molecule has 0 radical (unpaired) electrons. The summed E-state index contributed by atoms with van der Waals surface area (Å²) in [4.78, 5) is 0. The molecule has 0 aromatic rings. The zero-order valence-corrected chi connectivity index (χ0v) is 8.23. The van der Waals surface area contributed by atoms with Crippen LogP contribution in [0.5, 0.6) is 0 Å². The highest BCUT2D eigenvalue weighted by molar-refractivity contribution is 4.85. The predicted octanol–water partition coefficient (Wildman–Crippen LogP) is 2.02. The molecule has 0 unspecified atom stereocenters. The summed E-state index contributed by atoms with van der Waals surface area (Å²) < 4.78 is 17.0. The average molecular weight is 189 g/mol. The Bertz CT molecular complexity index is 133. The van der Waals surface area contributed by atoms with Gasteiger partial charge in [-0.25, -0.2) is 4.39 Å². The van der Waals surface area contributed by atoms with Crippen LogP contribution in [0.3, 0.4) is 0 Å². The lowest BCUT2D eigenvalue weighted by Crippen LogP contribution is -2.44. The minimum absolute atomic E-state index is 0.175. The van der Waals surface area contributed by atoms with Crippen LogP contribution in [0.25, 0.3) is 0 Å². The van der Waals surface area contributed by atoms with Gasteiger partial charge in [0.2, 0.25) is 0 Å². The first-order valence-electron chi connectivity index (χ1n) is 5.19. The van der Waals surface area contributed by atoms with Gasteiger partial charge in [-0.1, -0.05) is 25.7 Å². The van der Waals surface area contributed by atoms with Crippen LogP contribution in [-0.2, 0) is 4.74 Å². The maximum atomic E-state index is 11.8. The van der Waals surface area contributed by atoms with E-state index in [1.807, 2.05) is 0 Å². The van der Waals surface area contributed by atoms with Crippen molar-refractivity contribution >= 4 is 0 Å². The van der Waals surface area contributed by atoms with Gasteiger partial charge >= 0.3 is 0 Å². The molecule has 1 aliphatic rings. The third kappa shape index (κ3) is 4.05. The lowest BCUT2D eigenvalue weighted by Gasteiger charge is -2.27. The molecule has 0 amide bonds. The van der Waals surface area contributed by atoms with Crippen molar-refractivity contribution in [3.8, 4) is 0 Å². The van der Waals surface area contributed by atoms with E-state index >= 15 is 0 Å². The number of nitrogens with two attached hydrogens (primary N) is 1. The molecule has 78 valence electrons. The predicted molar refractivity (Wildman–Crippen MR) is 51.4 cm³/mol. The van der Waals surface area contributed by atoms with Crippen molar-refractivity contribution in [2.24, 2.45) is 5.73 Å². The number of rotatable bonds is 4. The van der Waals surface area contributed by atoms with E-state index in [0.717, 1.165) is 12.8 Å². The van der Waals surface area contributed by atoms with E-state index in [9.17, 15) is 4.39 Å². The molecule has 0 aromatic carbocycles. The Morgan fingerprint density at radius 2 is 1.77 bits per heavy atom. The fraction of sp³-hybridized carbons (Fsp3) is 1.00. The van der Waals surface area contributed by atoms with Crippen LogP contribution < -0.4 is 5.73 Å². The fourth-order valence-electron chi connectivity index (χ4n) is 1.91. The highest BCUT2D eigenvalue weighted by Crippen LogP contribution is 2.24. The van der Waals surface area contributed by atoms with Crippen LogP contribution in [-0.4, -0.2) is 25.4 Å². The molecule has 2 N–H and O–H groups in total. The molecule has 1 fully saturated rings. The normalized spacial score (nSPS) is 22.6. The van der Waals surface area contributed by atoms with Crippen LogP contribution in [0.15, 0.2) is 0 Å². The molecule has 0 heterocycles. The number of ether oxygens (including phenoxy) is 1. The summed E-state index contributed by atoms with van der Waals surface area (Å²) in [6.45, 7) is 0.311. The third-order valence-corrected chi connectivity index (χ3v) is 2.71. The Morgan fingerprint density at radius 1 is 1.15 bits per heavy atom. The first-order chi connectivity index (χ1) is 6.27. The molecule has 3 heteroatoms. The summed E-state index contributed by atoms with van der Waals surface area (Å²) in [6.07, 6.45) is 6.99. The smallest absolute Gasteiger partial charge is 0.113 e. The van der Waals surface area contributed by atoms with E-state index in [1.165, 1.54) is 25.7 Å². The molecule has 0 bridgehead atoms. The first-order valence-corrected chi connectivity index (χ1v) is 5.19. The van der Waals surface area contributed by atoms with E-state index < -0.39 is 6.67 Å². The third-order valence-electron chi connectivity index (χ3n) is 2.71. The van der Waals surface area contributed by atoms with E-state index in [0.29, 0.717) is 6.61 Å². The summed E-state index contributed by atoms with van der Waals surface area (Å²) in [6, 6.07) is 0. The lowest BCUT2D eigenvalue weighted by atomic mass is 9.93. The van der Waals surface area contributed by atoms with Gasteiger partial charge in [-0.2, -0.15) is 0 Å². The molecule has 1 saturated carbocycles. The van der Waals surface area contributed by atoms with Gasteiger partial charge in [-0.3, -0.25) is 0 Å². The lowest BCUT2D eigenvalue weighted by molar-refractivity contribution is 0.0688. The second-order valence-corrected chi connectivity index (χ2v) is 4.02. The molecule has 2 nitrogen and oxygen atoms in total. The molecule has 0 aliphatic heterocycles. The average Bonchev–Trinajstić information content (AvgIpc) is 2.31. The van der Waals surface area contributed by atoms with Gasteiger partial charge in [-0.15, -0.1) is 0 Å². The summed E-state index contributed by atoms with van der Waals surface area (Å²) in [7, 11) is 0. The summed E-state index contributed by atoms with van der Waals surface area (Å²) >= 11 is 0. The standard InChI is InChI=1S/C10H20FNO/c11-7-8-13-9-10(12)5-3-1-2-4-6-10/h1-9,12H2. The SMILES string of the molecule is NC1(COCCF)CCCCCC1. The van der Waals surface area contributed by atoms with Crippen LogP contribution in [0.4, 0.5) is 4.39 Å². The monoisotopic (exact) mass is 189 g/mol. The van der Waals surface area contributed by atoms with E-state index in [-0.39, 0.29) is 12.1 Å². The van der Waals surface area contributed by atoms with Crippen molar-refractivity contribution in [3.63, 3.8) is 0 Å². The maximum absolute atomic E-state index is 11.8. The zero-order valence-electron chi connectivity index (χ0n) is 8.23. The van der Waals surface area contributed by atoms with Crippen molar-refractivity contribution in [2.45, 2.75) is 44.1 Å². The number of alkyl halides is 1. The second kappa shape index (κ2) is 5.55. The Balaban J connectivity index is 2.25. The van der Waals surface area contributed by atoms with Gasteiger partial charge in [0.15, 0.2) is 0 Å². The van der Waals surface area contributed by atoms with Crippen molar-refractivity contribution < 1.29 is 9.13 Å². The van der Waals surface area contributed by atoms with Crippen molar-refractivity contribution in [2.75, 3.05) is 19.9 Å². The summed E-state index contributed by atoms with van der Waals surface area (Å²) in [5, 5.41) is 0. The fourth-order valence-corrected chi connectivity index (χ4v) is 1.91. The number of hydrogen-bond acceptors (Lipinski definition) is 2. The largest absolute Gasteiger partial charge is 0.377 e. The molecule has 1 rings (SSSR count). The van der Waals surface area contributed by atoms with E-state index in [2.05, 4.69) is 0 Å². The molecular weight excluding hydrogens is 169 g/mol. The van der Waals surface area contributed by atoms with E-state index in [1.54, 1.807) is 0 Å². The quantitative estimate of drug-likeness (QED) is 0.542. The Morgan fingerprint density at radius 3 is 2.31 bits per heavy atom. The van der Waals surface area contributed by atoms with E-state index in [4.69, 9.17) is 10.5 Å². The van der Waals surface area contributed by atoms with Crippen LogP contribution >= 0.6 is 0 Å². The highest BCUT2D eigenvalue weighted by Gasteiger charge is 2.26. The minimum atomic E-state index is -0.407. The van der Waals surface area contributed by atoms with Crippen LogP contribution in [0.1, 0.15) is 38.5 Å². The molecule has 1 aliphatic carbocycles. The molecule has 13 heavy (non-hydrogen) atoms. The summed E-state index contributed by atoms with van der Waals surface area (Å²) in [5.74, 6) is 0. The van der Waals surface area contributed by atoms with Gasteiger partial charge in [0.25, 0.3) is 0 Å². The molecule has 0 saturated heterocycles. The zero-order chi connectivity index (χ0) is 9.57. The Hall–Kier alpha value is -0.150. The topological polar surface area (TPSA) is 35.2 Å². The van der Waals surface area contributed by atoms with Gasteiger partial charge in [0, 0.05) is 5.54 Å². The van der Waals surface area contributed by atoms with Gasteiger partial charge in [0.1, 0.15) is 6.67 Å². The summed E-state index contributed by atoms with van der Waals surface area (Å²) in [5.41, 5.74) is 5.98. The molecule has 0 spiro atoms. The Labute approximate surface area is 79.6 Å². The van der Waals surface area contributed by atoms with Crippen molar-refractivity contribution in [1.29, 1.82) is 0 Å². The first kappa shape index (κ1) is 10.9. The highest BCUT2D eigenvalue weighted by atomic mass is 19.1. The van der Waals surface area contributed by atoms with Crippen LogP contribution in [0, 0.1) is 0 Å². The minimum Gasteiger partial charge on any atom is -0.377 e. The molecule has 0 atom stereocenters. The van der Waals surface area contributed by atoms with Gasteiger partial charge < -0.3 is 10.5 Å². The van der Waals surface area contributed by atoms with Gasteiger partial charge in [-0.05, 0) is 12.8 Å². The van der Waals surface area contributed by atoms with Crippen molar-refractivity contribution in [3.05, 3.63) is 0 Å². The number of halogens is 1. The van der Waals surface area contributed by atoms with Gasteiger partial charge in [0.05, 0.1) is 13.2 Å². The number of hydrogen-bond donors (Lipinski definition) is 1.